The highest BCUT2D eigenvalue weighted by Gasteiger charge is 2.27. The first kappa shape index (κ1) is 16.9. The van der Waals surface area contributed by atoms with Crippen LogP contribution in [0.5, 0.6) is 0 Å². The van der Waals surface area contributed by atoms with E-state index in [1.165, 1.54) is 4.90 Å². The Kier molecular flexibility index (Phi) is 4.69. The molecule has 0 aliphatic carbocycles. The molecule has 0 bridgehead atoms. The summed E-state index contributed by atoms with van der Waals surface area (Å²) in [6, 6.07) is 6.51. The van der Waals surface area contributed by atoms with Gasteiger partial charge in [0.25, 0.3) is 11.1 Å². The lowest BCUT2D eigenvalue weighted by atomic mass is 9.98. The first-order valence-corrected chi connectivity index (χ1v) is 8.20. The van der Waals surface area contributed by atoms with Crippen LogP contribution >= 0.6 is 0 Å². The summed E-state index contributed by atoms with van der Waals surface area (Å²) in [6.07, 6.45) is 1.24. The van der Waals surface area contributed by atoms with Crippen LogP contribution in [0.4, 0.5) is 0 Å². The Morgan fingerprint density at radius 2 is 1.92 bits per heavy atom. The smallest absolute Gasteiger partial charge is 0.308 e. The highest BCUT2D eigenvalue weighted by Crippen LogP contribution is 2.17. The van der Waals surface area contributed by atoms with Crippen molar-refractivity contribution < 1.29 is 14.7 Å². The Labute approximate surface area is 142 Å². The van der Waals surface area contributed by atoms with Crippen molar-refractivity contribution in [2.45, 2.75) is 25.8 Å². The van der Waals surface area contributed by atoms with Crippen LogP contribution in [0.3, 0.4) is 0 Å². The molecule has 1 aliphatic heterocycles. The van der Waals surface area contributed by atoms with Gasteiger partial charge in [-0.05, 0) is 25.0 Å². The average molecular weight is 345 g/mol. The van der Waals surface area contributed by atoms with Gasteiger partial charge in [0, 0.05) is 19.5 Å². The summed E-state index contributed by atoms with van der Waals surface area (Å²) in [5, 5.41) is 12.2. The van der Waals surface area contributed by atoms with E-state index in [0.717, 1.165) is 4.68 Å². The standard InChI is InChI=1S/C17H19N3O5/c21-14(19-8-3-4-11(10-19)17(24)25)7-9-20-16(23)13-6-2-1-5-12(13)15(22)18-20/h1-2,5-6,11H,3-4,7-10H2,(H,18,22)(H,24,25). The zero-order valence-corrected chi connectivity index (χ0v) is 13.6. The van der Waals surface area contributed by atoms with Gasteiger partial charge in [0.2, 0.25) is 5.91 Å². The number of carbonyl (C=O) groups is 2. The summed E-state index contributed by atoms with van der Waals surface area (Å²) in [5.74, 6) is -1.65. The number of carboxylic acids is 1. The SMILES string of the molecule is O=C(O)C1CCCN(C(=O)CCn2[nH]c(=O)c3ccccc3c2=O)C1. The van der Waals surface area contributed by atoms with Crippen LogP contribution in [-0.2, 0) is 16.1 Å². The molecule has 1 unspecified atom stereocenters. The predicted molar refractivity (Wildman–Crippen MR) is 90.4 cm³/mol. The molecule has 2 aromatic rings. The number of rotatable bonds is 4. The molecule has 1 atom stereocenters. The lowest BCUT2D eigenvalue weighted by Gasteiger charge is -2.30. The Bertz CT molecular complexity index is 930. The summed E-state index contributed by atoms with van der Waals surface area (Å²) < 4.78 is 1.14. The minimum Gasteiger partial charge on any atom is -0.481 e. The maximum atomic E-state index is 12.4. The fourth-order valence-corrected chi connectivity index (χ4v) is 3.17. The number of H-pyrrole nitrogens is 1. The molecule has 8 heteroatoms. The molecule has 1 amide bonds. The van der Waals surface area contributed by atoms with E-state index in [2.05, 4.69) is 5.10 Å². The molecule has 3 rings (SSSR count). The fraction of sp³-hybridized carbons (Fsp3) is 0.412. The predicted octanol–water partition coefficient (Wildman–Crippen LogP) is 0.403. The third-order valence-electron chi connectivity index (χ3n) is 4.56. The van der Waals surface area contributed by atoms with Crippen molar-refractivity contribution in [3.05, 3.63) is 45.0 Å². The third-order valence-corrected chi connectivity index (χ3v) is 4.56. The van der Waals surface area contributed by atoms with E-state index in [1.807, 2.05) is 0 Å². The zero-order chi connectivity index (χ0) is 18.0. The van der Waals surface area contributed by atoms with E-state index >= 15 is 0 Å². The number of fused-ring (bicyclic) bond motifs is 1. The van der Waals surface area contributed by atoms with E-state index in [9.17, 15) is 19.2 Å². The van der Waals surface area contributed by atoms with E-state index < -0.39 is 11.9 Å². The second-order valence-electron chi connectivity index (χ2n) is 6.21. The Balaban J connectivity index is 1.73. The van der Waals surface area contributed by atoms with E-state index in [1.54, 1.807) is 24.3 Å². The van der Waals surface area contributed by atoms with Crippen LogP contribution < -0.4 is 11.1 Å². The van der Waals surface area contributed by atoms with Crippen molar-refractivity contribution in [1.82, 2.24) is 14.7 Å². The molecule has 2 heterocycles. The zero-order valence-electron chi connectivity index (χ0n) is 13.6. The van der Waals surface area contributed by atoms with Crippen LogP contribution in [0.25, 0.3) is 10.8 Å². The van der Waals surface area contributed by atoms with Crippen LogP contribution in [0.15, 0.2) is 33.9 Å². The number of amides is 1. The summed E-state index contributed by atoms with van der Waals surface area (Å²) >= 11 is 0. The minimum atomic E-state index is -0.896. The molecule has 1 aromatic heterocycles. The first-order valence-electron chi connectivity index (χ1n) is 8.20. The third kappa shape index (κ3) is 3.47. The number of piperidine rings is 1. The second kappa shape index (κ2) is 6.92. The molecular formula is C17H19N3O5. The molecule has 132 valence electrons. The van der Waals surface area contributed by atoms with Gasteiger partial charge < -0.3 is 10.0 Å². The van der Waals surface area contributed by atoms with E-state index in [-0.39, 0.29) is 36.5 Å². The average Bonchev–Trinajstić information content (AvgIpc) is 2.63. The van der Waals surface area contributed by atoms with Crippen LogP contribution in [-0.4, -0.2) is 44.8 Å². The van der Waals surface area contributed by atoms with Crippen molar-refractivity contribution >= 4 is 22.6 Å². The summed E-state index contributed by atoms with van der Waals surface area (Å²) in [4.78, 5) is 49.4. The van der Waals surface area contributed by atoms with Gasteiger partial charge in [0.15, 0.2) is 0 Å². The molecule has 0 saturated carbocycles. The Hall–Kier alpha value is -2.90. The summed E-state index contributed by atoms with van der Waals surface area (Å²) in [5.41, 5.74) is -0.739. The Morgan fingerprint density at radius 3 is 2.64 bits per heavy atom. The minimum absolute atomic E-state index is 0.0283. The number of nitrogens with zero attached hydrogens (tertiary/aromatic N) is 2. The lowest BCUT2D eigenvalue weighted by molar-refractivity contribution is -0.145. The first-order chi connectivity index (χ1) is 12.0. The van der Waals surface area contributed by atoms with Crippen LogP contribution in [0.2, 0.25) is 0 Å². The topological polar surface area (TPSA) is 112 Å². The van der Waals surface area contributed by atoms with Crippen LogP contribution in [0.1, 0.15) is 19.3 Å². The largest absolute Gasteiger partial charge is 0.481 e. The van der Waals surface area contributed by atoms with Gasteiger partial charge in [0.1, 0.15) is 0 Å². The van der Waals surface area contributed by atoms with Crippen molar-refractivity contribution in [1.29, 1.82) is 0 Å². The monoisotopic (exact) mass is 345 g/mol. The van der Waals surface area contributed by atoms with Gasteiger partial charge in [-0.25, -0.2) is 4.68 Å². The van der Waals surface area contributed by atoms with Crippen molar-refractivity contribution in [3.63, 3.8) is 0 Å². The van der Waals surface area contributed by atoms with E-state index in [0.29, 0.717) is 30.2 Å². The number of carboxylic acid groups (broad SMARTS) is 1. The number of likely N-dealkylation sites (tertiary alicyclic amines) is 1. The number of nitrogens with one attached hydrogen (secondary N) is 1. The molecule has 2 N–H and O–H groups in total. The number of hydrogen-bond acceptors (Lipinski definition) is 4. The van der Waals surface area contributed by atoms with Gasteiger partial charge in [-0.3, -0.25) is 24.3 Å². The Morgan fingerprint density at radius 1 is 1.20 bits per heavy atom. The molecule has 0 radical (unpaired) electrons. The van der Waals surface area contributed by atoms with Gasteiger partial charge in [-0.15, -0.1) is 0 Å². The highest BCUT2D eigenvalue weighted by molar-refractivity contribution is 5.80. The van der Waals surface area contributed by atoms with Gasteiger partial charge in [0.05, 0.1) is 23.2 Å². The van der Waals surface area contributed by atoms with Crippen molar-refractivity contribution in [2.75, 3.05) is 13.1 Å². The molecule has 1 fully saturated rings. The normalized spacial score (nSPS) is 17.6. The highest BCUT2D eigenvalue weighted by atomic mass is 16.4. The number of hydrogen-bond donors (Lipinski definition) is 2. The molecule has 8 nitrogen and oxygen atoms in total. The molecule has 1 aromatic carbocycles. The van der Waals surface area contributed by atoms with Gasteiger partial charge in [-0.2, -0.15) is 0 Å². The number of carbonyl (C=O) groups excluding carboxylic acids is 1. The molecule has 1 aliphatic rings. The maximum absolute atomic E-state index is 12.4. The number of aryl methyl sites for hydroxylation is 1. The number of aromatic amines is 1. The molecule has 1 saturated heterocycles. The second-order valence-corrected chi connectivity index (χ2v) is 6.21. The van der Waals surface area contributed by atoms with Crippen molar-refractivity contribution in [2.24, 2.45) is 5.92 Å². The molecule has 0 spiro atoms. The summed E-state index contributed by atoms with van der Waals surface area (Å²) in [6.45, 7) is 0.759. The van der Waals surface area contributed by atoms with E-state index in [4.69, 9.17) is 5.11 Å². The van der Waals surface area contributed by atoms with Gasteiger partial charge in [-0.1, -0.05) is 12.1 Å². The van der Waals surface area contributed by atoms with Crippen LogP contribution in [0, 0.1) is 5.92 Å². The van der Waals surface area contributed by atoms with Crippen molar-refractivity contribution in [3.8, 4) is 0 Å². The summed E-state index contributed by atoms with van der Waals surface area (Å²) in [7, 11) is 0. The number of aliphatic carboxylic acids is 1. The lowest BCUT2D eigenvalue weighted by Crippen LogP contribution is -2.43. The number of aromatic nitrogens is 2. The molecular weight excluding hydrogens is 326 g/mol. The molecule has 25 heavy (non-hydrogen) atoms. The quantitative estimate of drug-likeness (QED) is 0.833. The maximum Gasteiger partial charge on any atom is 0.308 e. The fourth-order valence-electron chi connectivity index (χ4n) is 3.17. The van der Waals surface area contributed by atoms with Gasteiger partial charge >= 0.3 is 5.97 Å². The number of benzene rings is 1.